The number of hydrogen-bond acceptors (Lipinski definition) is 5. The largest absolute Gasteiger partial charge is 0.377 e. The van der Waals surface area contributed by atoms with E-state index in [1.807, 2.05) is 32.2 Å². The topological polar surface area (TPSA) is 54.5 Å². The summed E-state index contributed by atoms with van der Waals surface area (Å²) in [5.41, 5.74) is 0.997. The predicted octanol–water partition coefficient (Wildman–Crippen LogP) is 2.58. The van der Waals surface area contributed by atoms with E-state index in [0.717, 1.165) is 41.2 Å². The molecule has 1 aliphatic heterocycles. The van der Waals surface area contributed by atoms with Crippen LogP contribution in [0.1, 0.15) is 30.8 Å². The molecule has 2 atom stereocenters. The number of nitrogens with zero attached hydrogens (tertiary/aromatic N) is 2. The number of para-hydroxylation sites is 1. The van der Waals surface area contributed by atoms with Gasteiger partial charge in [-0.2, -0.15) is 0 Å². The van der Waals surface area contributed by atoms with Crippen LogP contribution >= 0.6 is 11.3 Å². The normalized spacial score (nSPS) is 19.1. The van der Waals surface area contributed by atoms with Gasteiger partial charge in [-0.15, -0.1) is 11.3 Å². The van der Waals surface area contributed by atoms with Crippen LogP contribution in [0.15, 0.2) is 24.3 Å². The van der Waals surface area contributed by atoms with Crippen molar-refractivity contribution in [2.75, 3.05) is 26.7 Å². The second kappa shape index (κ2) is 7.38. The first kappa shape index (κ1) is 16.4. The van der Waals surface area contributed by atoms with E-state index in [0.29, 0.717) is 6.54 Å². The number of fused-ring (bicyclic) bond motifs is 1. The summed E-state index contributed by atoms with van der Waals surface area (Å²) in [6.07, 6.45) is 2.46. The number of carbonyl (C=O) groups is 1. The standard InChI is InChI=1S/C17H23N3O2S/c1-12(17-19-14-7-3-4-8-15(14)23-17)20(2)16(21)11-18-10-13-6-5-9-22-13/h3-4,7-8,12-13,18H,5-6,9-11H2,1-2H3. The molecule has 1 amide bonds. The van der Waals surface area contributed by atoms with Crippen LogP contribution in [0, 0.1) is 0 Å². The maximum atomic E-state index is 12.3. The van der Waals surface area contributed by atoms with Crippen molar-refractivity contribution in [1.29, 1.82) is 0 Å². The molecule has 0 aliphatic carbocycles. The average molecular weight is 333 g/mol. The third kappa shape index (κ3) is 3.88. The molecule has 1 aromatic heterocycles. The van der Waals surface area contributed by atoms with Gasteiger partial charge in [0.2, 0.25) is 5.91 Å². The Morgan fingerprint density at radius 1 is 1.52 bits per heavy atom. The van der Waals surface area contributed by atoms with Crippen molar-refractivity contribution in [3.8, 4) is 0 Å². The number of carbonyl (C=O) groups excluding carboxylic acids is 1. The van der Waals surface area contributed by atoms with Crippen LogP contribution in [0.25, 0.3) is 10.2 Å². The molecule has 124 valence electrons. The van der Waals surface area contributed by atoms with Gasteiger partial charge in [0.1, 0.15) is 5.01 Å². The minimum atomic E-state index is -0.0237. The number of benzene rings is 1. The van der Waals surface area contributed by atoms with Crippen molar-refractivity contribution in [2.24, 2.45) is 0 Å². The fraction of sp³-hybridized carbons (Fsp3) is 0.529. The molecular weight excluding hydrogens is 310 g/mol. The maximum Gasteiger partial charge on any atom is 0.236 e. The van der Waals surface area contributed by atoms with Gasteiger partial charge in [0, 0.05) is 20.2 Å². The Labute approximate surface area is 140 Å². The number of hydrogen-bond donors (Lipinski definition) is 1. The number of nitrogens with one attached hydrogen (secondary N) is 1. The second-order valence-electron chi connectivity index (χ2n) is 5.97. The Morgan fingerprint density at radius 3 is 3.09 bits per heavy atom. The Hall–Kier alpha value is -1.50. The van der Waals surface area contributed by atoms with Gasteiger partial charge in [-0.05, 0) is 31.9 Å². The van der Waals surface area contributed by atoms with E-state index in [-0.39, 0.29) is 18.1 Å². The number of thiazole rings is 1. The number of aromatic nitrogens is 1. The molecule has 1 fully saturated rings. The van der Waals surface area contributed by atoms with Crippen molar-refractivity contribution in [3.63, 3.8) is 0 Å². The van der Waals surface area contributed by atoms with Crippen LogP contribution in [-0.2, 0) is 9.53 Å². The van der Waals surface area contributed by atoms with Crippen LogP contribution in [0.2, 0.25) is 0 Å². The fourth-order valence-electron chi connectivity index (χ4n) is 2.72. The molecule has 0 radical (unpaired) electrons. The third-order valence-electron chi connectivity index (χ3n) is 4.31. The molecule has 0 saturated carbocycles. The summed E-state index contributed by atoms with van der Waals surface area (Å²) in [5, 5.41) is 4.18. The van der Waals surface area contributed by atoms with Gasteiger partial charge >= 0.3 is 0 Å². The van der Waals surface area contributed by atoms with Crippen LogP contribution in [0.5, 0.6) is 0 Å². The molecule has 23 heavy (non-hydrogen) atoms. The summed E-state index contributed by atoms with van der Waals surface area (Å²) in [6.45, 7) is 3.95. The van der Waals surface area contributed by atoms with Gasteiger partial charge in [0.05, 0.1) is 28.9 Å². The smallest absolute Gasteiger partial charge is 0.236 e. The molecule has 0 bridgehead atoms. The summed E-state index contributed by atoms with van der Waals surface area (Å²) in [6, 6.07) is 8.05. The van der Waals surface area contributed by atoms with E-state index in [4.69, 9.17) is 4.74 Å². The molecule has 2 unspecified atom stereocenters. The second-order valence-corrected chi connectivity index (χ2v) is 7.03. The van der Waals surface area contributed by atoms with E-state index in [9.17, 15) is 4.79 Å². The lowest BCUT2D eigenvalue weighted by molar-refractivity contribution is -0.130. The van der Waals surface area contributed by atoms with Gasteiger partial charge < -0.3 is 15.0 Å². The van der Waals surface area contributed by atoms with E-state index >= 15 is 0 Å². The van der Waals surface area contributed by atoms with Crippen LogP contribution in [0.3, 0.4) is 0 Å². The van der Waals surface area contributed by atoms with Gasteiger partial charge in [0.25, 0.3) is 0 Å². The first-order chi connectivity index (χ1) is 11.1. The lowest BCUT2D eigenvalue weighted by Gasteiger charge is -2.23. The van der Waals surface area contributed by atoms with Crippen molar-refractivity contribution >= 4 is 27.5 Å². The number of rotatable bonds is 6. The van der Waals surface area contributed by atoms with E-state index in [1.165, 1.54) is 0 Å². The van der Waals surface area contributed by atoms with Crippen molar-refractivity contribution in [2.45, 2.75) is 31.9 Å². The SMILES string of the molecule is CC(c1nc2ccccc2s1)N(C)C(=O)CNCC1CCCO1. The minimum Gasteiger partial charge on any atom is -0.377 e. The third-order valence-corrected chi connectivity index (χ3v) is 5.52. The highest BCUT2D eigenvalue weighted by Gasteiger charge is 2.21. The van der Waals surface area contributed by atoms with E-state index in [1.54, 1.807) is 16.2 Å². The molecule has 1 N–H and O–H groups in total. The summed E-state index contributed by atoms with van der Waals surface area (Å²) in [5.74, 6) is 0.0785. The fourth-order valence-corrected chi connectivity index (χ4v) is 3.78. The van der Waals surface area contributed by atoms with Crippen molar-refractivity contribution in [3.05, 3.63) is 29.3 Å². The van der Waals surface area contributed by atoms with Crippen LogP contribution in [-0.4, -0.2) is 48.6 Å². The molecule has 1 aliphatic rings. The first-order valence-electron chi connectivity index (χ1n) is 8.08. The number of ether oxygens (including phenoxy) is 1. The van der Waals surface area contributed by atoms with Gasteiger partial charge in [0.15, 0.2) is 0 Å². The minimum absolute atomic E-state index is 0.0237. The molecule has 1 saturated heterocycles. The highest BCUT2D eigenvalue weighted by atomic mass is 32.1. The highest BCUT2D eigenvalue weighted by Crippen LogP contribution is 2.28. The summed E-state index contributed by atoms with van der Waals surface area (Å²) in [4.78, 5) is 18.8. The number of likely N-dealkylation sites (N-methyl/N-ethyl adjacent to an activating group) is 1. The number of amides is 1. The van der Waals surface area contributed by atoms with Crippen LogP contribution < -0.4 is 5.32 Å². The molecule has 2 heterocycles. The van der Waals surface area contributed by atoms with Gasteiger partial charge in [-0.25, -0.2) is 4.98 Å². The Balaban J connectivity index is 1.55. The Kier molecular flexibility index (Phi) is 5.25. The van der Waals surface area contributed by atoms with Crippen molar-refractivity contribution in [1.82, 2.24) is 15.2 Å². The summed E-state index contributed by atoms with van der Waals surface area (Å²) < 4.78 is 6.71. The first-order valence-corrected chi connectivity index (χ1v) is 8.90. The molecular formula is C17H23N3O2S. The molecule has 6 heteroatoms. The monoisotopic (exact) mass is 333 g/mol. The average Bonchev–Trinajstić information content (AvgIpc) is 3.22. The molecule has 3 rings (SSSR count). The Morgan fingerprint density at radius 2 is 2.35 bits per heavy atom. The molecule has 1 aromatic carbocycles. The Bertz CT molecular complexity index is 634. The van der Waals surface area contributed by atoms with E-state index in [2.05, 4.69) is 16.4 Å². The zero-order chi connectivity index (χ0) is 16.2. The predicted molar refractivity (Wildman–Crippen MR) is 92.6 cm³/mol. The highest BCUT2D eigenvalue weighted by molar-refractivity contribution is 7.18. The van der Waals surface area contributed by atoms with Gasteiger partial charge in [-0.1, -0.05) is 12.1 Å². The molecule has 5 nitrogen and oxygen atoms in total. The van der Waals surface area contributed by atoms with Crippen LogP contribution in [0.4, 0.5) is 0 Å². The molecule has 2 aromatic rings. The summed E-state index contributed by atoms with van der Waals surface area (Å²) in [7, 11) is 1.84. The zero-order valence-corrected chi connectivity index (χ0v) is 14.4. The lowest BCUT2D eigenvalue weighted by Crippen LogP contribution is -2.39. The van der Waals surface area contributed by atoms with Crippen molar-refractivity contribution < 1.29 is 9.53 Å². The summed E-state index contributed by atoms with van der Waals surface area (Å²) >= 11 is 1.65. The quantitative estimate of drug-likeness (QED) is 0.883. The maximum absolute atomic E-state index is 12.3. The molecule has 0 spiro atoms. The van der Waals surface area contributed by atoms with E-state index < -0.39 is 0 Å². The zero-order valence-electron chi connectivity index (χ0n) is 13.6. The lowest BCUT2D eigenvalue weighted by atomic mass is 10.2. The van der Waals surface area contributed by atoms with Gasteiger partial charge in [-0.3, -0.25) is 4.79 Å².